The zero-order chi connectivity index (χ0) is 14.8. The highest BCUT2D eigenvalue weighted by Gasteiger charge is 2.23. The number of epoxide rings is 2. The van der Waals surface area contributed by atoms with E-state index < -0.39 is 0 Å². The molecule has 2 aliphatic heterocycles. The Morgan fingerprint density at radius 3 is 1.64 bits per heavy atom. The monoisotopic (exact) mass is 298 g/mol. The smallest absolute Gasteiger partial charge is 0.120 e. The number of hydrogen-bond donors (Lipinski definition) is 0. The maximum Gasteiger partial charge on any atom is 0.120 e. The fourth-order valence-electron chi connectivity index (χ4n) is 2.24. The van der Waals surface area contributed by atoms with Crippen molar-refractivity contribution in [3.63, 3.8) is 0 Å². The summed E-state index contributed by atoms with van der Waals surface area (Å²) in [5, 5.41) is 0. The van der Waals surface area contributed by atoms with Gasteiger partial charge in [0.1, 0.15) is 36.9 Å². The van der Waals surface area contributed by atoms with E-state index in [4.69, 9.17) is 18.9 Å². The minimum absolute atomic E-state index is 0.269. The molecule has 2 aromatic carbocycles. The fraction of sp³-hybridized carbons (Fsp3) is 0.333. The van der Waals surface area contributed by atoms with Gasteiger partial charge in [-0.2, -0.15) is 0 Å². The molecule has 114 valence electrons. The Kier molecular flexibility index (Phi) is 3.70. The van der Waals surface area contributed by atoms with Gasteiger partial charge < -0.3 is 18.9 Å². The third-order valence-corrected chi connectivity index (χ3v) is 3.68. The third-order valence-electron chi connectivity index (χ3n) is 3.68. The number of rotatable bonds is 7. The number of ether oxygens (including phenoxy) is 4. The van der Waals surface area contributed by atoms with Crippen molar-refractivity contribution in [3.05, 3.63) is 48.5 Å². The minimum Gasteiger partial charge on any atom is -0.491 e. The molecular weight excluding hydrogens is 280 g/mol. The van der Waals surface area contributed by atoms with Crippen LogP contribution in [0.25, 0.3) is 11.1 Å². The Bertz CT molecular complexity index is 590. The molecule has 4 heteroatoms. The van der Waals surface area contributed by atoms with E-state index >= 15 is 0 Å². The molecule has 0 amide bonds. The van der Waals surface area contributed by atoms with Crippen LogP contribution in [0.5, 0.6) is 11.5 Å². The molecule has 2 heterocycles. The predicted octanol–water partition coefficient (Wildman–Crippen LogP) is 2.91. The number of benzene rings is 2. The summed E-state index contributed by atoms with van der Waals surface area (Å²) in [6.45, 7) is 2.86. The van der Waals surface area contributed by atoms with Gasteiger partial charge in [0.25, 0.3) is 0 Å². The summed E-state index contributed by atoms with van der Waals surface area (Å²) in [6, 6.07) is 16.2. The Labute approximate surface area is 129 Å². The van der Waals surface area contributed by atoms with Crippen molar-refractivity contribution >= 4 is 0 Å². The molecule has 2 saturated heterocycles. The first kappa shape index (κ1) is 13.6. The van der Waals surface area contributed by atoms with Crippen LogP contribution >= 0.6 is 0 Å². The van der Waals surface area contributed by atoms with E-state index in [0.29, 0.717) is 13.2 Å². The van der Waals surface area contributed by atoms with Crippen LogP contribution in [-0.2, 0) is 9.47 Å². The highest BCUT2D eigenvalue weighted by atomic mass is 16.6. The molecule has 4 nitrogen and oxygen atoms in total. The van der Waals surface area contributed by atoms with Crippen molar-refractivity contribution in [2.24, 2.45) is 0 Å². The van der Waals surface area contributed by atoms with Gasteiger partial charge in [-0.1, -0.05) is 24.3 Å². The molecule has 4 rings (SSSR count). The summed E-state index contributed by atoms with van der Waals surface area (Å²) < 4.78 is 21.8. The summed E-state index contributed by atoms with van der Waals surface area (Å²) >= 11 is 0. The van der Waals surface area contributed by atoms with E-state index in [9.17, 15) is 0 Å². The van der Waals surface area contributed by atoms with Crippen molar-refractivity contribution in [1.29, 1.82) is 0 Å². The van der Waals surface area contributed by atoms with Gasteiger partial charge in [-0.3, -0.25) is 0 Å². The van der Waals surface area contributed by atoms with E-state index in [-0.39, 0.29) is 12.2 Å². The number of hydrogen-bond acceptors (Lipinski definition) is 4. The van der Waals surface area contributed by atoms with E-state index in [1.54, 1.807) is 0 Å². The standard InChI is InChI=1S/C18H18O4/c1-3-13(7-15(5-1)19-9-17-11-21-17)14-4-2-6-16(8-14)20-10-18-12-22-18/h1-8,17-18H,9-12H2. The van der Waals surface area contributed by atoms with E-state index in [1.165, 1.54) is 0 Å². The van der Waals surface area contributed by atoms with Crippen LogP contribution in [0.15, 0.2) is 48.5 Å². The molecule has 0 N–H and O–H groups in total. The van der Waals surface area contributed by atoms with Crippen LogP contribution < -0.4 is 9.47 Å². The Morgan fingerprint density at radius 1 is 0.773 bits per heavy atom. The quantitative estimate of drug-likeness (QED) is 0.737. The fourth-order valence-corrected chi connectivity index (χ4v) is 2.24. The summed E-state index contributed by atoms with van der Waals surface area (Å²) in [5.74, 6) is 1.73. The molecule has 0 saturated carbocycles. The van der Waals surface area contributed by atoms with E-state index in [2.05, 4.69) is 12.1 Å². The van der Waals surface area contributed by atoms with Crippen LogP contribution in [0.4, 0.5) is 0 Å². The normalized spacial score (nSPS) is 22.2. The molecule has 2 aliphatic rings. The second kappa shape index (κ2) is 5.99. The molecule has 0 radical (unpaired) electrons. The molecule has 0 aliphatic carbocycles. The van der Waals surface area contributed by atoms with Gasteiger partial charge in [0.2, 0.25) is 0 Å². The van der Waals surface area contributed by atoms with Crippen LogP contribution in [0.1, 0.15) is 0 Å². The predicted molar refractivity (Wildman–Crippen MR) is 82.3 cm³/mol. The molecule has 0 bridgehead atoms. The topological polar surface area (TPSA) is 43.5 Å². The summed E-state index contributed by atoms with van der Waals surface area (Å²) in [6.07, 6.45) is 0.537. The highest BCUT2D eigenvalue weighted by molar-refractivity contribution is 5.66. The molecule has 2 aromatic rings. The van der Waals surface area contributed by atoms with Gasteiger partial charge in [-0.05, 0) is 35.4 Å². The van der Waals surface area contributed by atoms with Crippen LogP contribution in [0.2, 0.25) is 0 Å². The summed E-state index contributed by atoms with van der Waals surface area (Å²) in [4.78, 5) is 0. The molecule has 0 aromatic heterocycles. The molecule has 2 atom stereocenters. The molecule has 0 spiro atoms. The van der Waals surface area contributed by atoms with Gasteiger partial charge in [-0.15, -0.1) is 0 Å². The van der Waals surface area contributed by atoms with Gasteiger partial charge >= 0.3 is 0 Å². The lowest BCUT2D eigenvalue weighted by Gasteiger charge is -2.09. The van der Waals surface area contributed by atoms with Gasteiger partial charge in [-0.25, -0.2) is 0 Å². The van der Waals surface area contributed by atoms with Crippen LogP contribution in [-0.4, -0.2) is 38.6 Å². The first-order chi connectivity index (χ1) is 10.9. The minimum atomic E-state index is 0.269. The molecule has 2 unspecified atom stereocenters. The lowest BCUT2D eigenvalue weighted by molar-refractivity contribution is 0.263. The van der Waals surface area contributed by atoms with Crippen LogP contribution in [0, 0.1) is 0 Å². The van der Waals surface area contributed by atoms with Gasteiger partial charge in [0, 0.05) is 0 Å². The first-order valence-corrected chi connectivity index (χ1v) is 7.56. The molecular formula is C18H18O4. The second-order valence-electron chi connectivity index (χ2n) is 5.59. The van der Waals surface area contributed by atoms with Crippen molar-refractivity contribution in [1.82, 2.24) is 0 Å². The SMILES string of the molecule is c1cc(OCC2CO2)cc(-c2cccc(OCC3CO3)c2)c1. The highest BCUT2D eigenvalue weighted by Crippen LogP contribution is 2.27. The third kappa shape index (κ3) is 3.59. The van der Waals surface area contributed by atoms with Gasteiger partial charge in [0.15, 0.2) is 0 Å². The lowest BCUT2D eigenvalue weighted by atomic mass is 10.1. The maximum absolute atomic E-state index is 5.74. The summed E-state index contributed by atoms with van der Waals surface area (Å²) in [7, 11) is 0. The van der Waals surface area contributed by atoms with Crippen molar-refractivity contribution in [2.45, 2.75) is 12.2 Å². The zero-order valence-electron chi connectivity index (χ0n) is 12.2. The van der Waals surface area contributed by atoms with E-state index in [1.807, 2.05) is 36.4 Å². The second-order valence-corrected chi connectivity index (χ2v) is 5.59. The maximum atomic E-state index is 5.74. The first-order valence-electron chi connectivity index (χ1n) is 7.56. The largest absolute Gasteiger partial charge is 0.491 e. The van der Waals surface area contributed by atoms with E-state index in [0.717, 1.165) is 35.8 Å². The van der Waals surface area contributed by atoms with Crippen molar-refractivity contribution < 1.29 is 18.9 Å². The molecule has 22 heavy (non-hydrogen) atoms. The summed E-state index contributed by atoms with van der Waals surface area (Å²) in [5.41, 5.74) is 2.23. The Morgan fingerprint density at radius 2 is 1.23 bits per heavy atom. The van der Waals surface area contributed by atoms with Crippen molar-refractivity contribution in [2.75, 3.05) is 26.4 Å². The average molecular weight is 298 g/mol. The Hall–Kier alpha value is -2.04. The Balaban J connectivity index is 1.47. The average Bonchev–Trinajstić information content (AvgIpc) is 3.47. The van der Waals surface area contributed by atoms with Crippen molar-refractivity contribution in [3.8, 4) is 22.6 Å². The van der Waals surface area contributed by atoms with Gasteiger partial charge in [0.05, 0.1) is 13.2 Å². The lowest BCUT2D eigenvalue weighted by Crippen LogP contribution is -2.04. The molecule has 2 fully saturated rings. The van der Waals surface area contributed by atoms with Crippen LogP contribution in [0.3, 0.4) is 0 Å². The zero-order valence-corrected chi connectivity index (χ0v) is 12.2.